The molecule has 10 aromatic carbocycles. The Labute approximate surface area is 323 Å². The second-order valence-electron chi connectivity index (χ2n) is 15.4. The fourth-order valence-corrected chi connectivity index (χ4v) is 10.7. The molecule has 11 aromatic rings. The Kier molecular flexibility index (Phi) is 5.89. The zero-order valence-corrected chi connectivity index (χ0v) is 30.4. The van der Waals surface area contributed by atoms with E-state index in [0.29, 0.717) is 0 Å². The van der Waals surface area contributed by atoms with E-state index in [0.717, 1.165) is 27.5 Å². The minimum Gasteiger partial charge on any atom is -0.455 e. The fraction of sp³-hybridized carbons (Fsp3) is 0.0182. The van der Waals surface area contributed by atoms with Crippen LogP contribution >= 0.6 is 0 Å². The predicted octanol–water partition coefficient (Wildman–Crippen LogP) is 14.7. The van der Waals surface area contributed by atoms with Crippen molar-refractivity contribution in [3.63, 3.8) is 0 Å². The van der Waals surface area contributed by atoms with Crippen LogP contribution in [0.4, 0.5) is 0 Å². The first-order valence-electron chi connectivity index (χ1n) is 19.5. The largest absolute Gasteiger partial charge is 0.455 e. The van der Waals surface area contributed by atoms with Crippen LogP contribution in [-0.4, -0.2) is 0 Å². The molecule has 56 heavy (non-hydrogen) atoms. The Morgan fingerprint density at radius 2 is 0.768 bits per heavy atom. The summed E-state index contributed by atoms with van der Waals surface area (Å²) >= 11 is 0. The summed E-state index contributed by atoms with van der Waals surface area (Å²) in [5.41, 5.74) is 17.0. The van der Waals surface area contributed by atoms with Gasteiger partial charge in [0.25, 0.3) is 0 Å². The molecule has 1 spiro atoms. The minimum absolute atomic E-state index is 0.406. The highest BCUT2D eigenvalue weighted by Crippen LogP contribution is 2.63. The van der Waals surface area contributed by atoms with Crippen LogP contribution in [0.25, 0.3) is 98.8 Å². The lowest BCUT2D eigenvalue weighted by atomic mass is 9.70. The summed E-state index contributed by atoms with van der Waals surface area (Å²) in [5.74, 6) is 0. The molecule has 1 nitrogen and oxygen atoms in total. The van der Waals surface area contributed by atoms with Crippen LogP contribution in [0.5, 0.6) is 0 Å². The Balaban J connectivity index is 1.15. The van der Waals surface area contributed by atoms with E-state index in [1.54, 1.807) is 0 Å². The molecule has 0 fully saturated rings. The van der Waals surface area contributed by atoms with Crippen LogP contribution in [0.3, 0.4) is 0 Å². The third-order valence-electron chi connectivity index (χ3n) is 12.9. The summed E-state index contributed by atoms with van der Waals surface area (Å²) in [6.07, 6.45) is 0. The Bertz CT molecular complexity index is 3370. The molecular weight excluding hydrogens is 677 g/mol. The van der Waals surface area contributed by atoms with Crippen molar-refractivity contribution >= 4 is 54.3 Å². The monoisotopic (exact) mass is 708 g/mol. The van der Waals surface area contributed by atoms with Crippen LogP contribution in [0.2, 0.25) is 0 Å². The molecule has 1 heteroatoms. The lowest BCUT2D eigenvalue weighted by Gasteiger charge is -2.31. The summed E-state index contributed by atoms with van der Waals surface area (Å²) < 4.78 is 6.85. The van der Waals surface area contributed by atoms with Gasteiger partial charge in [0.15, 0.2) is 0 Å². The van der Waals surface area contributed by atoms with Gasteiger partial charge >= 0.3 is 0 Å². The van der Waals surface area contributed by atoms with Crippen LogP contribution in [0, 0.1) is 0 Å². The minimum atomic E-state index is -0.406. The fourth-order valence-electron chi connectivity index (χ4n) is 10.7. The number of rotatable bonds is 2. The molecule has 1 heterocycles. The Hall–Kier alpha value is -7.22. The van der Waals surface area contributed by atoms with E-state index in [4.69, 9.17) is 4.42 Å². The van der Waals surface area contributed by atoms with Gasteiger partial charge in [-0.05, 0) is 106 Å². The lowest BCUT2D eigenvalue weighted by molar-refractivity contribution is 0.670. The van der Waals surface area contributed by atoms with Crippen molar-refractivity contribution < 1.29 is 4.42 Å². The zero-order chi connectivity index (χ0) is 36.5. The first kappa shape index (κ1) is 30.1. The van der Waals surface area contributed by atoms with Gasteiger partial charge in [-0.15, -0.1) is 0 Å². The number of para-hydroxylation sites is 1. The summed E-state index contributed by atoms with van der Waals surface area (Å²) in [4.78, 5) is 0. The molecule has 0 N–H and O–H groups in total. The molecule has 0 amide bonds. The smallest absolute Gasteiger partial charge is 0.143 e. The third-order valence-corrected chi connectivity index (χ3v) is 12.9. The van der Waals surface area contributed by atoms with E-state index in [1.807, 2.05) is 0 Å². The molecule has 0 aliphatic heterocycles. The van der Waals surface area contributed by atoms with E-state index in [-0.39, 0.29) is 0 Å². The van der Waals surface area contributed by atoms with Crippen molar-refractivity contribution in [3.05, 3.63) is 216 Å². The highest BCUT2D eigenvalue weighted by molar-refractivity contribution is 6.28. The van der Waals surface area contributed by atoms with Gasteiger partial charge in [-0.1, -0.05) is 176 Å². The molecule has 0 saturated carbocycles. The second-order valence-corrected chi connectivity index (χ2v) is 15.4. The van der Waals surface area contributed by atoms with Crippen LogP contribution in [0.15, 0.2) is 199 Å². The first-order valence-corrected chi connectivity index (χ1v) is 19.5. The van der Waals surface area contributed by atoms with Gasteiger partial charge in [0, 0.05) is 21.9 Å². The molecule has 0 radical (unpaired) electrons. The van der Waals surface area contributed by atoms with Gasteiger partial charge < -0.3 is 4.42 Å². The average Bonchev–Trinajstić information content (AvgIpc) is 3.89. The quantitative estimate of drug-likeness (QED) is 0.163. The number of hydrogen-bond acceptors (Lipinski definition) is 1. The molecule has 0 unspecified atom stereocenters. The molecule has 2 aliphatic carbocycles. The van der Waals surface area contributed by atoms with Crippen molar-refractivity contribution in [2.75, 3.05) is 0 Å². The van der Waals surface area contributed by atoms with Crippen molar-refractivity contribution in [2.24, 2.45) is 0 Å². The number of furan rings is 1. The van der Waals surface area contributed by atoms with Gasteiger partial charge in [0.2, 0.25) is 0 Å². The molecule has 0 saturated heterocycles. The van der Waals surface area contributed by atoms with E-state index in [1.165, 1.54) is 93.5 Å². The number of benzene rings is 10. The van der Waals surface area contributed by atoms with E-state index >= 15 is 0 Å². The summed E-state index contributed by atoms with van der Waals surface area (Å²) in [6.45, 7) is 0. The molecule has 0 atom stereocenters. The molecule has 13 rings (SSSR count). The van der Waals surface area contributed by atoms with Gasteiger partial charge in [0.1, 0.15) is 11.2 Å². The maximum absolute atomic E-state index is 6.85. The van der Waals surface area contributed by atoms with Crippen molar-refractivity contribution in [1.29, 1.82) is 0 Å². The Morgan fingerprint density at radius 1 is 0.304 bits per heavy atom. The normalized spacial score (nSPS) is 13.5. The lowest BCUT2D eigenvalue weighted by Crippen LogP contribution is -2.25. The predicted molar refractivity (Wildman–Crippen MR) is 233 cm³/mol. The molecular formula is C55H32O. The van der Waals surface area contributed by atoms with Crippen molar-refractivity contribution in [3.8, 4) is 44.5 Å². The van der Waals surface area contributed by atoms with Gasteiger partial charge in [0.05, 0.1) is 5.41 Å². The first-order chi connectivity index (χ1) is 27.8. The van der Waals surface area contributed by atoms with Crippen molar-refractivity contribution in [1.82, 2.24) is 0 Å². The highest BCUT2D eigenvalue weighted by Gasteiger charge is 2.51. The topological polar surface area (TPSA) is 13.1 Å². The van der Waals surface area contributed by atoms with Gasteiger partial charge in [-0.2, -0.15) is 0 Å². The number of hydrogen-bond donors (Lipinski definition) is 0. The summed E-state index contributed by atoms with van der Waals surface area (Å²) in [6, 6.07) is 72.0. The molecule has 258 valence electrons. The Morgan fingerprint density at radius 3 is 1.38 bits per heavy atom. The van der Waals surface area contributed by atoms with Gasteiger partial charge in [-0.25, -0.2) is 0 Å². The molecule has 2 aliphatic rings. The molecule has 1 aromatic heterocycles. The van der Waals surface area contributed by atoms with Crippen molar-refractivity contribution in [2.45, 2.75) is 5.41 Å². The van der Waals surface area contributed by atoms with E-state index in [2.05, 4.69) is 194 Å². The average molecular weight is 709 g/mol. The number of fused-ring (bicyclic) bond motifs is 16. The maximum atomic E-state index is 6.85. The standard InChI is InChI=1S/C55H32O/c1-2-16-35-33(15-1)31-45-40-20-10-14-28-50(40)56-54(45)53(35)52-43-23-5-3-21-41(43)51(42-22-4-6-24-44(42)52)34-29-30-39-38-19-9-13-27-48(38)55(49(39)32-34)46-25-11-7-17-36(46)37-18-8-12-26-47(37)55/h1-32H. The summed E-state index contributed by atoms with van der Waals surface area (Å²) in [5, 5.41) is 9.58. The van der Waals surface area contributed by atoms with Crippen LogP contribution < -0.4 is 0 Å². The summed E-state index contributed by atoms with van der Waals surface area (Å²) in [7, 11) is 0. The SMILES string of the molecule is c1ccc2c(c1)-c1ccccc1C21c2ccccc2-c2ccc(-c3c4ccccc4c(-c4c5ccccc5cc5c4oc4ccccc45)c4ccccc34)cc21. The highest BCUT2D eigenvalue weighted by atomic mass is 16.3. The van der Waals surface area contributed by atoms with Crippen LogP contribution in [0.1, 0.15) is 22.3 Å². The van der Waals surface area contributed by atoms with Crippen LogP contribution in [-0.2, 0) is 5.41 Å². The van der Waals surface area contributed by atoms with E-state index in [9.17, 15) is 0 Å². The maximum Gasteiger partial charge on any atom is 0.143 e. The third kappa shape index (κ3) is 3.70. The van der Waals surface area contributed by atoms with Gasteiger partial charge in [-0.3, -0.25) is 0 Å². The molecule has 0 bridgehead atoms. The zero-order valence-electron chi connectivity index (χ0n) is 30.4. The second kappa shape index (κ2) is 10.9. The van der Waals surface area contributed by atoms with E-state index < -0.39 is 5.41 Å².